The molecule has 4 rings (SSSR count). The molecule has 0 saturated heterocycles. The van der Waals surface area contributed by atoms with E-state index < -0.39 is 5.97 Å². The van der Waals surface area contributed by atoms with Crippen molar-refractivity contribution in [2.75, 3.05) is 0 Å². The minimum Gasteiger partial charge on any atom is -0.481 e. The Kier molecular flexibility index (Phi) is 5.59. The van der Waals surface area contributed by atoms with Crippen LogP contribution in [0.25, 0.3) is 0 Å². The van der Waals surface area contributed by atoms with E-state index in [0.29, 0.717) is 35.5 Å². The number of aliphatic hydroxyl groups excluding tert-OH is 1. The molecule has 0 aromatic heterocycles. The van der Waals surface area contributed by atoms with Crippen molar-refractivity contribution in [2.45, 2.75) is 97.1 Å². The molecule has 0 bridgehead atoms. The molecule has 0 unspecified atom stereocenters. The summed E-state index contributed by atoms with van der Waals surface area (Å²) in [5, 5.41) is 23.7. The monoisotopic (exact) mass is 405 g/mol. The van der Waals surface area contributed by atoms with Crippen LogP contribution in [0.4, 0.5) is 0 Å². The van der Waals surface area contributed by atoms with Crippen LogP contribution in [-0.4, -0.2) is 28.3 Å². The molecule has 4 aliphatic carbocycles. The number of fused-ring (bicyclic) bond motifs is 5. The molecule has 0 spiro atoms. The quantitative estimate of drug-likeness (QED) is 0.611. The van der Waals surface area contributed by atoms with Gasteiger partial charge in [-0.15, -0.1) is 0 Å². The lowest BCUT2D eigenvalue weighted by Crippen LogP contribution is -2.58. The smallest absolute Gasteiger partial charge is 0.303 e. The van der Waals surface area contributed by atoms with Gasteiger partial charge in [0.1, 0.15) is 0 Å². The summed E-state index contributed by atoms with van der Waals surface area (Å²) in [5.74, 6) is 2.19. The number of rotatable bonds is 5. The van der Waals surface area contributed by atoms with Crippen molar-refractivity contribution >= 4 is 5.97 Å². The first-order chi connectivity index (χ1) is 13.7. The Morgan fingerprint density at radius 3 is 2.45 bits per heavy atom. The van der Waals surface area contributed by atoms with Gasteiger partial charge in [-0.25, -0.2) is 0 Å². The zero-order chi connectivity index (χ0) is 21.0. The minimum absolute atomic E-state index is 0.0587. The fraction of sp³-hybridized carbons (Fsp3) is 0.958. The molecule has 0 aliphatic heterocycles. The van der Waals surface area contributed by atoms with Crippen LogP contribution in [0.5, 0.6) is 0 Å². The molecule has 5 nitrogen and oxygen atoms in total. The molecule has 29 heavy (non-hydrogen) atoms. The Labute approximate surface area is 175 Å². The Morgan fingerprint density at radius 1 is 1.07 bits per heavy atom. The molecule has 10 atom stereocenters. The van der Waals surface area contributed by atoms with E-state index in [1.54, 1.807) is 0 Å². The van der Waals surface area contributed by atoms with Gasteiger partial charge in [-0.3, -0.25) is 4.79 Å². The van der Waals surface area contributed by atoms with Gasteiger partial charge in [0, 0.05) is 6.42 Å². The highest BCUT2D eigenvalue weighted by atomic mass is 16.4. The molecule has 0 radical (unpaired) electrons. The van der Waals surface area contributed by atoms with Crippen LogP contribution >= 0.6 is 0 Å². The molecule has 4 aliphatic rings. The van der Waals surface area contributed by atoms with Crippen LogP contribution in [0.2, 0.25) is 0 Å². The van der Waals surface area contributed by atoms with Gasteiger partial charge in [-0.2, -0.15) is 4.91 Å². The molecule has 0 heterocycles. The highest BCUT2D eigenvalue weighted by molar-refractivity contribution is 5.66. The number of carboxylic acid groups (broad SMARTS) is 1. The average Bonchev–Trinajstić information content (AvgIpc) is 3.03. The van der Waals surface area contributed by atoms with Gasteiger partial charge < -0.3 is 10.2 Å². The zero-order valence-corrected chi connectivity index (χ0v) is 18.3. The number of carboxylic acids is 1. The predicted octanol–water partition coefficient (Wildman–Crippen LogP) is 5.25. The third-order valence-corrected chi connectivity index (χ3v) is 10.4. The van der Waals surface area contributed by atoms with E-state index in [4.69, 9.17) is 5.11 Å². The summed E-state index contributed by atoms with van der Waals surface area (Å²) in [5.41, 5.74) is 0.463. The fourth-order valence-corrected chi connectivity index (χ4v) is 8.82. The summed E-state index contributed by atoms with van der Waals surface area (Å²) in [6.45, 7) is 7.12. The molecule has 0 amide bonds. The first kappa shape index (κ1) is 21.3. The van der Waals surface area contributed by atoms with Crippen molar-refractivity contribution < 1.29 is 15.0 Å². The van der Waals surface area contributed by atoms with E-state index in [1.807, 2.05) is 0 Å². The van der Waals surface area contributed by atoms with Gasteiger partial charge in [-0.1, -0.05) is 25.9 Å². The van der Waals surface area contributed by atoms with Crippen LogP contribution in [0.1, 0.15) is 85.0 Å². The second-order valence-electron chi connectivity index (χ2n) is 11.5. The first-order valence-electron chi connectivity index (χ1n) is 11.9. The molecule has 164 valence electrons. The van der Waals surface area contributed by atoms with E-state index in [-0.39, 0.29) is 29.4 Å². The van der Waals surface area contributed by atoms with Crippen molar-refractivity contribution in [3.8, 4) is 0 Å². The topological polar surface area (TPSA) is 87.0 Å². The van der Waals surface area contributed by atoms with Crippen molar-refractivity contribution in [2.24, 2.45) is 51.5 Å². The zero-order valence-electron chi connectivity index (χ0n) is 18.3. The maximum atomic E-state index is 11.3. The van der Waals surface area contributed by atoms with Gasteiger partial charge in [-0.05, 0) is 104 Å². The van der Waals surface area contributed by atoms with Gasteiger partial charge in [0.25, 0.3) is 0 Å². The number of nitroso groups, excluding NO2 is 1. The number of aliphatic carboxylic acids is 1. The van der Waals surface area contributed by atoms with Gasteiger partial charge >= 0.3 is 5.97 Å². The van der Waals surface area contributed by atoms with Crippen LogP contribution in [0, 0.1) is 51.2 Å². The fourth-order valence-electron chi connectivity index (χ4n) is 8.82. The molecule has 0 aromatic rings. The third kappa shape index (κ3) is 3.36. The second kappa shape index (κ2) is 7.62. The number of hydrogen-bond acceptors (Lipinski definition) is 4. The summed E-state index contributed by atoms with van der Waals surface area (Å²) < 4.78 is 0. The summed E-state index contributed by atoms with van der Waals surface area (Å²) in [6, 6.07) is -0.0587. The average molecular weight is 406 g/mol. The summed E-state index contributed by atoms with van der Waals surface area (Å²) in [6.07, 6.45) is 9.15. The van der Waals surface area contributed by atoms with Crippen molar-refractivity contribution in [1.82, 2.24) is 0 Å². The molecular weight excluding hydrogens is 366 g/mol. The van der Waals surface area contributed by atoms with Gasteiger partial charge in [0.15, 0.2) is 0 Å². The van der Waals surface area contributed by atoms with E-state index in [1.165, 1.54) is 25.7 Å². The van der Waals surface area contributed by atoms with Crippen LogP contribution < -0.4 is 0 Å². The largest absolute Gasteiger partial charge is 0.481 e. The second-order valence-corrected chi connectivity index (χ2v) is 11.5. The molecule has 0 aromatic carbocycles. The minimum atomic E-state index is -0.692. The standard InChI is InChI=1S/C24H39NO4/c1-14(4-7-21(27)28)17-5-6-18-22-19(9-11-24(17,18)3)23(2)10-8-16(25-29)12-15(23)13-20(22)26/h14-20,22,26H,4-13H2,1-3H3,(H,27,28)/t14-,15+,16+,17-,18+,19+,20-,22+,23+,24-/m1/s1. The Bertz CT molecular complexity index is 653. The lowest BCUT2D eigenvalue weighted by atomic mass is 9.43. The van der Waals surface area contributed by atoms with Crippen LogP contribution in [-0.2, 0) is 4.79 Å². The number of carbonyl (C=O) groups is 1. The van der Waals surface area contributed by atoms with Crippen molar-refractivity contribution in [3.63, 3.8) is 0 Å². The van der Waals surface area contributed by atoms with Gasteiger partial charge in [0.2, 0.25) is 0 Å². The lowest BCUT2D eigenvalue weighted by molar-refractivity contribution is -0.166. The molecule has 4 saturated carbocycles. The molecule has 4 fully saturated rings. The van der Waals surface area contributed by atoms with E-state index in [9.17, 15) is 14.8 Å². The SMILES string of the molecule is C[C@H](CCC(=O)O)[C@H]1CC[C@H]2[C@@H]3[C@H](O)C[C@@H]4C[C@@H](N=O)CC[C@]4(C)[C@H]3CC[C@]12C. The van der Waals surface area contributed by atoms with E-state index in [2.05, 4.69) is 25.9 Å². The maximum absolute atomic E-state index is 11.3. The Balaban J connectivity index is 1.55. The van der Waals surface area contributed by atoms with E-state index >= 15 is 0 Å². The first-order valence-corrected chi connectivity index (χ1v) is 11.9. The third-order valence-electron chi connectivity index (χ3n) is 10.4. The number of nitrogens with zero attached hydrogens (tertiary/aromatic N) is 1. The Hall–Kier alpha value is -0.970. The summed E-state index contributed by atoms with van der Waals surface area (Å²) in [7, 11) is 0. The lowest BCUT2D eigenvalue weighted by Gasteiger charge is -2.62. The maximum Gasteiger partial charge on any atom is 0.303 e. The van der Waals surface area contributed by atoms with Crippen LogP contribution in [0.15, 0.2) is 5.18 Å². The Morgan fingerprint density at radius 2 is 1.76 bits per heavy atom. The number of aliphatic hydroxyl groups is 1. The molecular formula is C24H39NO4. The molecule has 5 heteroatoms. The van der Waals surface area contributed by atoms with Crippen molar-refractivity contribution in [3.05, 3.63) is 4.91 Å². The predicted molar refractivity (Wildman–Crippen MR) is 112 cm³/mol. The van der Waals surface area contributed by atoms with Crippen LogP contribution in [0.3, 0.4) is 0 Å². The van der Waals surface area contributed by atoms with Gasteiger partial charge in [0.05, 0.1) is 12.1 Å². The van der Waals surface area contributed by atoms with Crippen molar-refractivity contribution in [1.29, 1.82) is 0 Å². The van der Waals surface area contributed by atoms with E-state index in [0.717, 1.165) is 32.1 Å². The highest BCUT2D eigenvalue weighted by Crippen LogP contribution is 2.68. The number of hydrogen-bond donors (Lipinski definition) is 2. The summed E-state index contributed by atoms with van der Waals surface area (Å²) in [4.78, 5) is 22.2. The summed E-state index contributed by atoms with van der Waals surface area (Å²) >= 11 is 0. The normalized spacial score (nSPS) is 50.1. The molecule has 2 N–H and O–H groups in total. The highest BCUT2D eigenvalue weighted by Gasteiger charge is 2.62.